The Hall–Kier alpha value is -0.440. The average molecular weight is 160 g/mol. The summed E-state index contributed by atoms with van der Waals surface area (Å²) < 4.78 is 4.69. The summed E-state index contributed by atoms with van der Waals surface area (Å²) in [5.74, 6) is -0.214. The Morgan fingerprint density at radius 3 is 2.50 bits per heavy atom. The molecule has 0 saturated heterocycles. The Kier molecular flexibility index (Phi) is 5.12. The molecule has 0 aliphatic carbocycles. The van der Waals surface area contributed by atoms with Crippen LogP contribution in [0.3, 0.4) is 0 Å². The van der Waals surface area contributed by atoms with Crippen molar-refractivity contribution < 1.29 is 9.53 Å². The van der Waals surface area contributed by atoms with Crippen molar-refractivity contribution in [2.24, 2.45) is 0 Å². The Labute approximate surface area is 66.6 Å². The third-order valence-electron chi connectivity index (χ3n) is 1.04. The first-order chi connectivity index (χ1) is 4.70. The molecule has 0 saturated carbocycles. The van der Waals surface area contributed by atoms with E-state index in [0.29, 0.717) is 13.0 Å². The molecule has 0 fully saturated rings. The fourth-order valence-electron chi connectivity index (χ4n) is 0.498. The predicted octanol–water partition coefficient (Wildman–Crippen LogP) is 1.72. The van der Waals surface area contributed by atoms with Crippen LogP contribution in [0.25, 0.3) is 0 Å². The largest absolute Gasteiger partial charge is 0.466 e. The maximum absolute atomic E-state index is 10.7. The van der Waals surface area contributed by atoms with Crippen molar-refractivity contribution in [1.29, 1.82) is 0 Å². The molecule has 0 aromatic rings. The standard InChI is InChI=1S/C7H12O2S/c1-3-6(10)5-7(8)9-4-2/h3-5H2,1-2H3. The molecular weight excluding hydrogens is 148 g/mol. The van der Waals surface area contributed by atoms with Crippen molar-refractivity contribution in [3.05, 3.63) is 0 Å². The van der Waals surface area contributed by atoms with Crippen molar-refractivity contribution in [1.82, 2.24) is 0 Å². The molecule has 0 heterocycles. The smallest absolute Gasteiger partial charge is 0.310 e. The summed E-state index contributed by atoms with van der Waals surface area (Å²) in [7, 11) is 0. The van der Waals surface area contributed by atoms with Gasteiger partial charge in [0.2, 0.25) is 0 Å². The van der Waals surface area contributed by atoms with E-state index < -0.39 is 0 Å². The second kappa shape index (κ2) is 5.35. The van der Waals surface area contributed by atoms with Crippen LogP contribution in [0.15, 0.2) is 0 Å². The highest BCUT2D eigenvalue weighted by Crippen LogP contribution is 1.94. The lowest BCUT2D eigenvalue weighted by molar-refractivity contribution is -0.141. The number of hydrogen-bond donors (Lipinski definition) is 0. The van der Waals surface area contributed by atoms with E-state index in [-0.39, 0.29) is 5.97 Å². The Morgan fingerprint density at radius 2 is 2.10 bits per heavy atom. The first-order valence-corrected chi connectivity index (χ1v) is 3.78. The minimum absolute atomic E-state index is 0.214. The monoisotopic (exact) mass is 160 g/mol. The van der Waals surface area contributed by atoms with Gasteiger partial charge in [-0.3, -0.25) is 4.79 Å². The summed E-state index contributed by atoms with van der Waals surface area (Å²) in [5, 5.41) is 0. The summed E-state index contributed by atoms with van der Waals surface area (Å²) >= 11 is 4.84. The lowest BCUT2D eigenvalue weighted by atomic mass is 10.2. The van der Waals surface area contributed by atoms with Gasteiger partial charge in [-0.2, -0.15) is 0 Å². The first kappa shape index (κ1) is 9.56. The van der Waals surface area contributed by atoms with Crippen LogP contribution in [0.2, 0.25) is 0 Å². The molecule has 0 aliphatic heterocycles. The fraction of sp³-hybridized carbons (Fsp3) is 0.714. The molecule has 0 unspecified atom stereocenters. The highest BCUT2D eigenvalue weighted by atomic mass is 32.1. The van der Waals surface area contributed by atoms with Crippen LogP contribution in [-0.4, -0.2) is 17.4 Å². The van der Waals surface area contributed by atoms with E-state index in [9.17, 15) is 4.79 Å². The number of carbonyl (C=O) groups excluding carboxylic acids is 1. The van der Waals surface area contributed by atoms with Gasteiger partial charge < -0.3 is 4.74 Å². The van der Waals surface area contributed by atoms with Gasteiger partial charge in [-0.1, -0.05) is 19.1 Å². The Balaban J connectivity index is 3.47. The Morgan fingerprint density at radius 1 is 1.50 bits per heavy atom. The Bertz CT molecular complexity index is 132. The molecule has 0 aromatic carbocycles. The van der Waals surface area contributed by atoms with Gasteiger partial charge in [0.05, 0.1) is 13.0 Å². The molecule has 3 heteroatoms. The van der Waals surface area contributed by atoms with Crippen LogP contribution in [0.4, 0.5) is 0 Å². The molecular formula is C7H12O2S. The lowest BCUT2D eigenvalue weighted by Gasteiger charge is -1.99. The summed E-state index contributed by atoms with van der Waals surface area (Å²) in [5.41, 5.74) is 0. The molecule has 0 aliphatic rings. The van der Waals surface area contributed by atoms with E-state index >= 15 is 0 Å². The van der Waals surface area contributed by atoms with E-state index in [4.69, 9.17) is 12.2 Å². The van der Waals surface area contributed by atoms with E-state index in [0.717, 1.165) is 11.3 Å². The lowest BCUT2D eigenvalue weighted by Crippen LogP contribution is -2.08. The number of thiocarbonyl (C=S) groups is 1. The van der Waals surface area contributed by atoms with Gasteiger partial charge in [-0.05, 0) is 13.3 Å². The molecule has 2 nitrogen and oxygen atoms in total. The molecule has 0 aromatic heterocycles. The second-order valence-corrected chi connectivity index (χ2v) is 2.45. The minimum Gasteiger partial charge on any atom is -0.466 e. The zero-order valence-electron chi connectivity index (χ0n) is 6.35. The van der Waals surface area contributed by atoms with Gasteiger partial charge in [0.1, 0.15) is 0 Å². The number of carbonyl (C=O) groups is 1. The normalized spacial score (nSPS) is 9.00. The van der Waals surface area contributed by atoms with Crippen molar-refractivity contribution in [2.45, 2.75) is 26.7 Å². The van der Waals surface area contributed by atoms with Crippen LogP contribution in [0.5, 0.6) is 0 Å². The maximum atomic E-state index is 10.7. The van der Waals surface area contributed by atoms with Gasteiger partial charge in [-0.25, -0.2) is 0 Å². The highest BCUT2D eigenvalue weighted by molar-refractivity contribution is 7.80. The zero-order chi connectivity index (χ0) is 7.98. The zero-order valence-corrected chi connectivity index (χ0v) is 7.16. The molecule has 10 heavy (non-hydrogen) atoms. The molecule has 58 valence electrons. The minimum atomic E-state index is -0.214. The molecule has 0 spiro atoms. The molecule has 0 rings (SSSR count). The quantitative estimate of drug-likeness (QED) is 0.462. The molecule has 0 amide bonds. The van der Waals surface area contributed by atoms with Crippen LogP contribution in [-0.2, 0) is 9.53 Å². The SMILES string of the molecule is CCOC(=O)CC(=S)CC. The molecule has 0 N–H and O–H groups in total. The van der Waals surface area contributed by atoms with E-state index in [1.54, 1.807) is 6.92 Å². The topological polar surface area (TPSA) is 26.3 Å². The van der Waals surface area contributed by atoms with Gasteiger partial charge in [-0.15, -0.1) is 0 Å². The van der Waals surface area contributed by atoms with Gasteiger partial charge in [0.25, 0.3) is 0 Å². The second-order valence-electron chi connectivity index (χ2n) is 1.87. The van der Waals surface area contributed by atoms with Crippen molar-refractivity contribution in [2.75, 3.05) is 6.61 Å². The summed E-state index contributed by atoms with van der Waals surface area (Å²) in [6.07, 6.45) is 1.06. The van der Waals surface area contributed by atoms with Crippen molar-refractivity contribution in [3.8, 4) is 0 Å². The first-order valence-electron chi connectivity index (χ1n) is 3.38. The molecule has 0 atom stereocenters. The number of ether oxygens (including phenoxy) is 1. The van der Waals surface area contributed by atoms with Gasteiger partial charge in [0.15, 0.2) is 0 Å². The van der Waals surface area contributed by atoms with Crippen LogP contribution >= 0.6 is 12.2 Å². The van der Waals surface area contributed by atoms with E-state index in [1.165, 1.54) is 0 Å². The summed E-state index contributed by atoms with van der Waals surface area (Å²) in [4.78, 5) is 11.5. The van der Waals surface area contributed by atoms with E-state index in [1.807, 2.05) is 6.92 Å². The highest BCUT2D eigenvalue weighted by Gasteiger charge is 2.03. The van der Waals surface area contributed by atoms with Gasteiger partial charge in [0, 0.05) is 4.86 Å². The summed E-state index contributed by atoms with van der Waals surface area (Å²) in [6, 6.07) is 0. The van der Waals surface area contributed by atoms with Crippen LogP contribution in [0, 0.1) is 0 Å². The summed E-state index contributed by atoms with van der Waals surface area (Å²) in [6.45, 7) is 4.15. The van der Waals surface area contributed by atoms with Crippen molar-refractivity contribution in [3.63, 3.8) is 0 Å². The predicted molar refractivity (Wildman–Crippen MR) is 44.1 cm³/mol. The average Bonchev–Trinajstić information content (AvgIpc) is 1.88. The number of hydrogen-bond acceptors (Lipinski definition) is 3. The third kappa shape index (κ3) is 4.44. The van der Waals surface area contributed by atoms with E-state index in [2.05, 4.69) is 4.74 Å². The third-order valence-corrected chi connectivity index (χ3v) is 1.47. The molecule has 0 radical (unpaired) electrons. The van der Waals surface area contributed by atoms with Gasteiger partial charge >= 0.3 is 5.97 Å². The molecule has 0 bridgehead atoms. The van der Waals surface area contributed by atoms with Crippen LogP contribution in [0.1, 0.15) is 26.7 Å². The fourth-order valence-corrected chi connectivity index (χ4v) is 0.616. The maximum Gasteiger partial charge on any atom is 0.310 e. The van der Waals surface area contributed by atoms with Crippen LogP contribution < -0.4 is 0 Å². The number of rotatable bonds is 4. The van der Waals surface area contributed by atoms with Crippen molar-refractivity contribution >= 4 is 23.1 Å². The number of esters is 1.